The van der Waals surface area contributed by atoms with Crippen LogP contribution < -0.4 is 15.6 Å². The summed E-state index contributed by atoms with van der Waals surface area (Å²) in [6, 6.07) is 14.9. The summed E-state index contributed by atoms with van der Waals surface area (Å²) in [6.45, 7) is 4.87. The van der Waals surface area contributed by atoms with Crippen molar-refractivity contribution in [3.8, 4) is 5.75 Å². The van der Waals surface area contributed by atoms with Gasteiger partial charge in [0.1, 0.15) is 5.75 Å². The number of carbonyl (C=O) groups is 1. The molecule has 1 heterocycles. The van der Waals surface area contributed by atoms with E-state index in [1.54, 1.807) is 25.3 Å². The number of amides is 1. The standard InChI is InChI=1S/C24H30N4O3/c1-16(2)15-28-24(30)20-12-7-6-11-19(20)22(26-28)23(29)25-14-21(27(3)4)17-9-8-10-18(13-17)31-5/h6-13,16,21H,14-15H2,1-5H3,(H,25,29). The Balaban J connectivity index is 1.91. The Kier molecular flexibility index (Phi) is 7.07. The molecule has 0 saturated carbocycles. The number of aromatic nitrogens is 2. The summed E-state index contributed by atoms with van der Waals surface area (Å²) in [6.07, 6.45) is 0. The van der Waals surface area contributed by atoms with E-state index in [1.165, 1.54) is 4.68 Å². The molecule has 0 aliphatic carbocycles. The third-order valence-electron chi connectivity index (χ3n) is 5.18. The van der Waals surface area contributed by atoms with E-state index in [0.717, 1.165) is 11.3 Å². The monoisotopic (exact) mass is 422 g/mol. The highest BCUT2D eigenvalue weighted by Crippen LogP contribution is 2.22. The number of likely N-dealkylation sites (N-methyl/N-ethyl adjacent to an activating group) is 1. The van der Waals surface area contributed by atoms with Gasteiger partial charge in [0.05, 0.1) is 18.5 Å². The first-order valence-corrected chi connectivity index (χ1v) is 10.4. The second-order valence-corrected chi connectivity index (χ2v) is 8.24. The highest BCUT2D eigenvalue weighted by atomic mass is 16.5. The van der Waals surface area contributed by atoms with Crippen LogP contribution >= 0.6 is 0 Å². The highest BCUT2D eigenvalue weighted by molar-refractivity contribution is 6.04. The van der Waals surface area contributed by atoms with Crippen molar-refractivity contribution in [2.75, 3.05) is 27.7 Å². The number of hydrogen-bond donors (Lipinski definition) is 1. The molecule has 7 heteroatoms. The number of methoxy groups -OCH3 is 1. The molecule has 1 N–H and O–H groups in total. The number of rotatable bonds is 8. The van der Waals surface area contributed by atoms with Crippen molar-refractivity contribution in [3.63, 3.8) is 0 Å². The zero-order valence-corrected chi connectivity index (χ0v) is 18.8. The number of nitrogens with zero attached hydrogens (tertiary/aromatic N) is 3. The fraction of sp³-hybridized carbons (Fsp3) is 0.375. The van der Waals surface area contributed by atoms with E-state index in [4.69, 9.17) is 4.74 Å². The van der Waals surface area contributed by atoms with Crippen LogP contribution in [0, 0.1) is 5.92 Å². The Morgan fingerprint density at radius 1 is 1.13 bits per heavy atom. The van der Waals surface area contributed by atoms with Gasteiger partial charge in [-0.3, -0.25) is 9.59 Å². The number of benzene rings is 2. The highest BCUT2D eigenvalue weighted by Gasteiger charge is 2.20. The molecular weight excluding hydrogens is 392 g/mol. The van der Waals surface area contributed by atoms with E-state index in [-0.39, 0.29) is 29.1 Å². The predicted octanol–water partition coefficient (Wildman–Crippen LogP) is 3.09. The quantitative estimate of drug-likeness (QED) is 0.604. The fourth-order valence-electron chi connectivity index (χ4n) is 3.59. The zero-order valence-electron chi connectivity index (χ0n) is 18.8. The zero-order chi connectivity index (χ0) is 22.5. The predicted molar refractivity (Wildman–Crippen MR) is 123 cm³/mol. The van der Waals surface area contributed by atoms with E-state index in [0.29, 0.717) is 23.9 Å². The van der Waals surface area contributed by atoms with Crippen LogP contribution in [0.2, 0.25) is 0 Å². The summed E-state index contributed by atoms with van der Waals surface area (Å²) in [5, 5.41) is 8.49. The van der Waals surface area contributed by atoms with Crippen molar-refractivity contribution in [3.05, 3.63) is 70.1 Å². The molecule has 0 spiro atoms. The Bertz CT molecular complexity index is 1120. The van der Waals surface area contributed by atoms with Gasteiger partial charge < -0.3 is 15.0 Å². The molecule has 164 valence electrons. The maximum absolute atomic E-state index is 13.2. The first-order valence-electron chi connectivity index (χ1n) is 10.4. The van der Waals surface area contributed by atoms with Gasteiger partial charge in [0, 0.05) is 18.5 Å². The van der Waals surface area contributed by atoms with Gasteiger partial charge in [-0.15, -0.1) is 0 Å². The van der Waals surface area contributed by atoms with E-state index < -0.39 is 0 Å². The molecule has 0 bridgehead atoms. The summed E-state index contributed by atoms with van der Waals surface area (Å²) in [7, 11) is 5.56. The number of carbonyl (C=O) groups excluding carboxylic acids is 1. The number of fused-ring (bicyclic) bond motifs is 1. The van der Waals surface area contributed by atoms with Gasteiger partial charge in [0.25, 0.3) is 11.5 Å². The van der Waals surface area contributed by atoms with Crippen LogP contribution in [0.4, 0.5) is 0 Å². The smallest absolute Gasteiger partial charge is 0.274 e. The summed E-state index contributed by atoms with van der Waals surface area (Å²) in [5.41, 5.74) is 1.12. The molecule has 0 radical (unpaired) electrons. The molecule has 1 atom stereocenters. The van der Waals surface area contributed by atoms with E-state index in [9.17, 15) is 9.59 Å². The lowest BCUT2D eigenvalue weighted by atomic mass is 10.1. The SMILES string of the molecule is COc1cccc(C(CNC(=O)c2nn(CC(C)C)c(=O)c3ccccc23)N(C)C)c1. The molecule has 31 heavy (non-hydrogen) atoms. The molecule has 1 unspecified atom stereocenters. The first-order chi connectivity index (χ1) is 14.8. The average molecular weight is 423 g/mol. The van der Waals surface area contributed by atoms with Crippen LogP contribution in [0.5, 0.6) is 5.75 Å². The summed E-state index contributed by atoms with van der Waals surface area (Å²) in [5.74, 6) is 0.695. The van der Waals surface area contributed by atoms with Crippen LogP contribution in [0.1, 0.15) is 35.9 Å². The van der Waals surface area contributed by atoms with Crippen molar-refractivity contribution < 1.29 is 9.53 Å². The van der Waals surface area contributed by atoms with Gasteiger partial charge in [0.2, 0.25) is 0 Å². The normalized spacial score (nSPS) is 12.4. The van der Waals surface area contributed by atoms with Gasteiger partial charge in [0.15, 0.2) is 5.69 Å². The lowest BCUT2D eigenvalue weighted by Crippen LogP contribution is -2.36. The molecule has 0 saturated heterocycles. The van der Waals surface area contributed by atoms with Gasteiger partial charge in [-0.2, -0.15) is 5.10 Å². The van der Waals surface area contributed by atoms with E-state index in [1.807, 2.05) is 63.2 Å². The minimum atomic E-state index is -0.302. The molecule has 7 nitrogen and oxygen atoms in total. The number of nitrogens with one attached hydrogen (secondary N) is 1. The molecular formula is C24H30N4O3. The van der Waals surface area contributed by atoms with Crippen LogP contribution in [0.3, 0.4) is 0 Å². The summed E-state index contributed by atoms with van der Waals surface area (Å²) in [4.78, 5) is 28.0. The molecule has 0 aliphatic rings. The molecule has 1 amide bonds. The van der Waals surface area contributed by atoms with E-state index in [2.05, 4.69) is 10.4 Å². The second kappa shape index (κ2) is 9.75. The van der Waals surface area contributed by atoms with Gasteiger partial charge >= 0.3 is 0 Å². The second-order valence-electron chi connectivity index (χ2n) is 8.24. The van der Waals surface area contributed by atoms with E-state index >= 15 is 0 Å². The van der Waals surface area contributed by atoms with Crippen LogP contribution in [0.25, 0.3) is 10.8 Å². The topological polar surface area (TPSA) is 76.5 Å². The minimum absolute atomic E-state index is 0.0492. The van der Waals surface area contributed by atoms with Crippen molar-refractivity contribution >= 4 is 16.7 Å². The minimum Gasteiger partial charge on any atom is -0.497 e. The van der Waals surface area contributed by atoms with Crippen molar-refractivity contribution in [2.45, 2.75) is 26.4 Å². The van der Waals surface area contributed by atoms with Gasteiger partial charge in [-0.25, -0.2) is 4.68 Å². The Morgan fingerprint density at radius 3 is 2.48 bits per heavy atom. The molecule has 0 aliphatic heterocycles. The molecule has 3 aromatic rings. The largest absolute Gasteiger partial charge is 0.497 e. The van der Waals surface area contributed by atoms with Gasteiger partial charge in [-0.05, 0) is 43.8 Å². The molecule has 0 fully saturated rings. The lowest BCUT2D eigenvalue weighted by molar-refractivity contribution is 0.0936. The molecule has 2 aromatic carbocycles. The summed E-state index contributed by atoms with van der Waals surface area (Å²) < 4.78 is 6.73. The Hall–Kier alpha value is -3.19. The van der Waals surface area contributed by atoms with Crippen LogP contribution in [-0.4, -0.2) is 48.3 Å². The third-order valence-corrected chi connectivity index (χ3v) is 5.18. The Morgan fingerprint density at radius 2 is 1.84 bits per heavy atom. The maximum Gasteiger partial charge on any atom is 0.274 e. The van der Waals surface area contributed by atoms with Crippen LogP contribution in [-0.2, 0) is 6.54 Å². The third kappa shape index (κ3) is 5.11. The lowest BCUT2D eigenvalue weighted by Gasteiger charge is -2.25. The number of hydrogen-bond acceptors (Lipinski definition) is 5. The first kappa shape index (κ1) is 22.5. The maximum atomic E-state index is 13.2. The van der Waals surface area contributed by atoms with Crippen molar-refractivity contribution in [1.82, 2.24) is 20.0 Å². The number of ether oxygens (including phenoxy) is 1. The summed E-state index contributed by atoms with van der Waals surface area (Å²) >= 11 is 0. The van der Waals surface area contributed by atoms with Crippen molar-refractivity contribution in [1.29, 1.82) is 0 Å². The van der Waals surface area contributed by atoms with Crippen LogP contribution in [0.15, 0.2) is 53.3 Å². The average Bonchev–Trinajstić information content (AvgIpc) is 2.75. The van der Waals surface area contributed by atoms with Crippen molar-refractivity contribution in [2.24, 2.45) is 5.92 Å². The Labute approximate surface area is 182 Å². The molecule has 1 aromatic heterocycles. The molecule has 3 rings (SSSR count). The van der Waals surface area contributed by atoms with Gasteiger partial charge in [-0.1, -0.05) is 44.2 Å². The fourth-order valence-corrected chi connectivity index (χ4v) is 3.59.